The maximum Gasteiger partial charge on any atom is 0.227 e. The number of hydrogen-bond acceptors (Lipinski definition) is 4. The van der Waals surface area contributed by atoms with E-state index in [-0.39, 0.29) is 36.6 Å². The SMILES string of the molecule is CC(=O)Nc1ccc(NC(=O)C2CCN(S(=O)(=O)Cc3ccc(F)cc3)CC2)cc1. The van der Waals surface area contributed by atoms with Crippen molar-refractivity contribution in [2.75, 3.05) is 23.7 Å². The molecule has 7 nitrogen and oxygen atoms in total. The van der Waals surface area contributed by atoms with Crippen LogP contribution < -0.4 is 10.6 Å². The molecule has 0 aliphatic carbocycles. The third-order valence-corrected chi connectivity index (χ3v) is 6.80. The minimum atomic E-state index is -3.53. The summed E-state index contributed by atoms with van der Waals surface area (Å²) >= 11 is 0. The van der Waals surface area contributed by atoms with Crippen LogP contribution in [0.4, 0.5) is 15.8 Å². The van der Waals surface area contributed by atoms with Crippen molar-refractivity contribution in [2.24, 2.45) is 5.92 Å². The topological polar surface area (TPSA) is 95.6 Å². The van der Waals surface area contributed by atoms with Gasteiger partial charge in [0, 0.05) is 37.3 Å². The summed E-state index contributed by atoms with van der Waals surface area (Å²) in [5, 5.41) is 5.49. The molecule has 1 fully saturated rings. The third kappa shape index (κ3) is 5.87. The van der Waals surface area contributed by atoms with Gasteiger partial charge in [-0.1, -0.05) is 12.1 Å². The van der Waals surface area contributed by atoms with E-state index in [4.69, 9.17) is 0 Å². The maximum atomic E-state index is 13.0. The molecule has 1 saturated heterocycles. The second kappa shape index (κ2) is 9.36. The van der Waals surface area contributed by atoms with Crippen LogP contribution in [0.2, 0.25) is 0 Å². The average Bonchev–Trinajstić information content (AvgIpc) is 2.71. The van der Waals surface area contributed by atoms with Crippen LogP contribution in [0.25, 0.3) is 0 Å². The molecule has 160 valence electrons. The predicted octanol–water partition coefficient (Wildman–Crippen LogP) is 2.96. The minimum absolute atomic E-state index is 0.155. The van der Waals surface area contributed by atoms with Gasteiger partial charge in [0.1, 0.15) is 5.82 Å². The highest BCUT2D eigenvalue weighted by Gasteiger charge is 2.31. The highest BCUT2D eigenvalue weighted by atomic mass is 32.2. The van der Waals surface area contributed by atoms with Crippen LogP contribution in [0, 0.1) is 11.7 Å². The number of carbonyl (C=O) groups excluding carboxylic acids is 2. The first-order chi connectivity index (χ1) is 14.2. The summed E-state index contributed by atoms with van der Waals surface area (Å²) in [6.07, 6.45) is 0.858. The smallest absolute Gasteiger partial charge is 0.227 e. The van der Waals surface area contributed by atoms with Crippen LogP contribution in [0.3, 0.4) is 0 Å². The Labute approximate surface area is 175 Å². The first kappa shape index (κ1) is 21.9. The normalized spacial score (nSPS) is 15.5. The summed E-state index contributed by atoms with van der Waals surface area (Å²) in [4.78, 5) is 23.6. The van der Waals surface area contributed by atoms with Gasteiger partial charge in [0.05, 0.1) is 5.75 Å². The summed E-state index contributed by atoms with van der Waals surface area (Å²) < 4.78 is 39.6. The highest BCUT2D eigenvalue weighted by molar-refractivity contribution is 7.88. The Morgan fingerprint density at radius 2 is 1.50 bits per heavy atom. The minimum Gasteiger partial charge on any atom is -0.326 e. The lowest BCUT2D eigenvalue weighted by Gasteiger charge is -2.30. The van der Waals surface area contributed by atoms with E-state index >= 15 is 0 Å². The van der Waals surface area contributed by atoms with Gasteiger partial charge in [-0.2, -0.15) is 0 Å². The van der Waals surface area contributed by atoms with Gasteiger partial charge in [-0.15, -0.1) is 0 Å². The zero-order chi connectivity index (χ0) is 21.7. The van der Waals surface area contributed by atoms with Gasteiger partial charge >= 0.3 is 0 Å². The Kier molecular flexibility index (Phi) is 6.84. The molecule has 2 aromatic carbocycles. The number of nitrogens with zero attached hydrogens (tertiary/aromatic N) is 1. The predicted molar refractivity (Wildman–Crippen MR) is 113 cm³/mol. The number of hydrogen-bond donors (Lipinski definition) is 2. The zero-order valence-electron chi connectivity index (χ0n) is 16.6. The lowest BCUT2D eigenvalue weighted by atomic mass is 9.97. The fourth-order valence-corrected chi connectivity index (χ4v) is 4.93. The molecule has 2 amide bonds. The molecular formula is C21H24FN3O4S. The third-order valence-electron chi connectivity index (χ3n) is 4.95. The Hall–Kier alpha value is -2.78. The molecule has 1 aliphatic heterocycles. The lowest BCUT2D eigenvalue weighted by molar-refractivity contribution is -0.121. The molecular weight excluding hydrogens is 409 g/mol. The largest absolute Gasteiger partial charge is 0.326 e. The fraction of sp³-hybridized carbons (Fsp3) is 0.333. The standard InChI is InChI=1S/C21H24FN3O4S/c1-15(26)23-19-6-8-20(9-7-19)24-21(27)17-10-12-25(13-11-17)30(28,29)14-16-2-4-18(22)5-3-16/h2-9,17H,10-14H2,1H3,(H,23,26)(H,24,27). The maximum absolute atomic E-state index is 13.0. The number of piperidine rings is 1. The van der Waals surface area contributed by atoms with E-state index in [0.717, 1.165) is 0 Å². The van der Waals surface area contributed by atoms with E-state index < -0.39 is 15.8 Å². The van der Waals surface area contributed by atoms with Crippen LogP contribution in [-0.2, 0) is 25.4 Å². The first-order valence-corrected chi connectivity index (χ1v) is 11.2. The molecule has 0 saturated carbocycles. The van der Waals surface area contributed by atoms with Crippen molar-refractivity contribution in [3.63, 3.8) is 0 Å². The van der Waals surface area contributed by atoms with Gasteiger partial charge < -0.3 is 10.6 Å². The van der Waals surface area contributed by atoms with Crippen LogP contribution in [-0.4, -0.2) is 37.6 Å². The van der Waals surface area contributed by atoms with Crippen LogP contribution >= 0.6 is 0 Å². The van der Waals surface area contributed by atoms with Crippen LogP contribution in [0.1, 0.15) is 25.3 Å². The number of anilines is 2. The summed E-state index contributed by atoms with van der Waals surface area (Å²) in [5.41, 5.74) is 1.78. The highest BCUT2D eigenvalue weighted by Crippen LogP contribution is 2.23. The Bertz CT molecular complexity index is 1000. The van der Waals surface area contributed by atoms with Gasteiger partial charge in [0.15, 0.2) is 0 Å². The molecule has 9 heteroatoms. The molecule has 1 aliphatic rings. The molecule has 0 radical (unpaired) electrons. The average molecular weight is 434 g/mol. The van der Waals surface area contributed by atoms with Crippen molar-refractivity contribution in [3.8, 4) is 0 Å². The number of rotatable bonds is 6. The van der Waals surface area contributed by atoms with Crippen molar-refractivity contribution in [3.05, 3.63) is 59.9 Å². The second-order valence-electron chi connectivity index (χ2n) is 7.30. The van der Waals surface area contributed by atoms with Crippen molar-refractivity contribution in [1.82, 2.24) is 4.31 Å². The molecule has 2 aromatic rings. The Morgan fingerprint density at radius 1 is 0.967 bits per heavy atom. The summed E-state index contributed by atoms with van der Waals surface area (Å²) in [6, 6.07) is 12.2. The molecule has 2 N–H and O–H groups in total. The first-order valence-electron chi connectivity index (χ1n) is 9.64. The second-order valence-corrected chi connectivity index (χ2v) is 9.27. The van der Waals surface area contributed by atoms with Crippen molar-refractivity contribution >= 4 is 33.2 Å². The lowest BCUT2D eigenvalue weighted by Crippen LogP contribution is -2.41. The molecule has 3 rings (SSSR count). The van der Waals surface area contributed by atoms with Crippen LogP contribution in [0.5, 0.6) is 0 Å². The van der Waals surface area contributed by atoms with E-state index in [9.17, 15) is 22.4 Å². The number of sulfonamides is 1. The van der Waals surface area contributed by atoms with E-state index in [1.54, 1.807) is 24.3 Å². The molecule has 0 spiro atoms. The van der Waals surface area contributed by atoms with Gasteiger partial charge in [-0.3, -0.25) is 9.59 Å². The molecule has 0 aromatic heterocycles. The van der Waals surface area contributed by atoms with Crippen LogP contribution in [0.15, 0.2) is 48.5 Å². The monoisotopic (exact) mass is 433 g/mol. The van der Waals surface area contributed by atoms with Crippen molar-refractivity contribution < 1.29 is 22.4 Å². The molecule has 1 heterocycles. The van der Waals surface area contributed by atoms with E-state index in [0.29, 0.717) is 29.8 Å². The van der Waals surface area contributed by atoms with E-state index in [1.165, 1.54) is 35.5 Å². The van der Waals surface area contributed by atoms with Gasteiger partial charge in [0.2, 0.25) is 21.8 Å². The van der Waals surface area contributed by atoms with Crippen molar-refractivity contribution in [2.45, 2.75) is 25.5 Å². The Morgan fingerprint density at radius 3 is 2.03 bits per heavy atom. The number of nitrogens with one attached hydrogen (secondary N) is 2. The number of carbonyl (C=O) groups is 2. The fourth-order valence-electron chi connectivity index (χ4n) is 3.36. The van der Waals surface area contributed by atoms with Gasteiger partial charge in [0.25, 0.3) is 0 Å². The van der Waals surface area contributed by atoms with Gasteiger partial charge in [-0.25, -0.2) is 17.1 Å². The molecule has 0 bridgehead atoms. The molecule has 0 atom stereocenters. The molecule has 0 unspecified atom stereocenters. The van der Waals surface area contributed by atoms with Crippen molar-refractivity contribution in [1.29, 1.82) is 0 Å². The Balaban J connectivity index is 1.52. The van der Waals surface area contributed by atoms with E-state index in [2.05, 4.69) is 10.6 Å². The summed E-state index contributed by atoms with van der Waals surface area (Å²) in [7, 11) is -3.53. The molecule has 30 heavy (non-hydrogen) atoms. The summed E-state index contributed by atoms with van der Waals surface area (Å²) in [5.74, 6) is -1.21. The number of benzene rings is 2. The summed E-state index contributed by atoms with van der Waals surface area (Å²) in [6.45, 7) is 1.95. The number of amides is 2. The zero-order valence-corrected chi connectivity index (χ0v) is 17.4. The number of halogens is 1. The van der Waals surface area contributed by atoms with E-state index in [1.807, 2.05) is 0 Å². The quantitative estimate of drug-likeness (QED) is 0.732. The van der Waals surface area contributed by atoms with Gasteiger partial charge in [-0.05, 0) is 54.8 Å².